The van der Waals surface area contributed by atoms with Crippen molar-refractivity contribution in [2.75, 3.05) is 6.61 Å². The zero-order valence-corrected chi connectivity index (χ0v) is 14.0. The van der Waals surface area contributed by atoms with Crippen LogP contribution in [-0.2, 0) is 4.79 Å². The van der Waals surface area contributed by atoms with Crippen molar-refractivity contribution in [3.05, 3.63) is 76.3 Å². The summed E-state index contributed by atoms with van der Waals surface area (Å²) in [5.41, 5.74) is 2.64. The molecule has 3 rings (SSSR count). The van der Waals surface area contributed by atoms with Crippen molar-refractivity contribution in [1.29, 1.82) is 0 Å². The molecule has 8 heteroatoms. The first-order valence-corrected chi connectivity index (χ1v) is 7.94. The van der Waals surface area contributed by atoms with E-state index in [1.54, 1.807) is 12.1 Å². The third-order valence-electron chi connectivity index (χ3n) is 3.73. The molecule has 3 aromatic carbocycles. The Morgan fingerprint density at radius 2 is 2.00 bits per heavy atom. The maximum atomic E-state index is 11.8. The first-order valence-electron chi connectivity index (χ1n) is 7.94. The van der Waals surface area contributed by atoms with Crippen molar-refractivity contribution >= 4 is 28.6 Å². The molecular weight excluding hydrogens is 350 g/mol. The molecule has 0 unspecified atom stereocenters. The Bertz CT molecular complexity index is 1030. The summed E-state index contributed by atoms with van der Waals surface area (Å²) in [5, 5.41) is 26.3. The van der Waals surface area contributed by atoms with Gasteiger partial charge in [0.25, 0.3) is 11.6 Å². The van der Waals surface area contributed by atoms with Gasteiger partial charge in [0.15, 0.2) is 6.61 Å². The number of non-ortho nitro benzene ring substituents is 1. The number of carbonyl (C=O) groups excluding carboxylic acids is 1. The van der Waals surface area contributed by atoms with Crippen LogP contribution in [0.2, 0.25) is 0 Å². The first-order chi connectivity index (χ1) is 13.0. The smallest absolute Gasteiger partial charge is 0.277 e. The largest absolute Gasteiger partial charge is 0.507 e. The van der Waals surface area contributed by atoms with E-state index in [0.717, 1.165) is 10.8 Å². The Morgan fingerprint density at radius 3 is 2.81 bits per heavy atom. The van der Waals surface area contributed by atoms with Gasteiger partial charge in [-0.25, -0.2) is 5.43 Å². The van der Waals surface area contributed by atoms with Gasteiger partial charge in [0, 0.05) is 11.6 Å². The monoisotopic (exact) mass is 365 g/mol. The van der Waals surface area contributed by atoms with Gasteiger partial charge in [0.2, 0.25) is 0 Å². The summed E-state index contributed by atoms with van der Waals surface area (Å²) < 4.78 is 5.22. The van der Waals surface area contributed by atoms with Gasteiger partial charge in [-0.1, -0.05) is 36.4 Å². The molecule has 0 atom stereocenters. The highest BCUT2D eigenvalue weighted by atomic mass is 16.6. The van der Waals surface area contributed by atoms with E-state index in [9.17, 15) is 20.0 Å². The van der Waals surface area contributed by atoms with Gasteiger partial charge in [-0.2, -0.15) is 5.10 Å². The summed E-state index contributed by atoms with van der Waals surface area (Å²) >= 11 is 0. The summed E-state index contributed by atoms with van der Waals surface area (Å²) in [5.74, 6) is -0.299. The van der Waals surface area contributed by atoms with Crippen molar-refractivity contribution in [3.63, 3.8) is 0 Å². The molecule has 0 bridgehead atoms. The first kappa shape index (κ1) is 17.9. The third kappa shape index (κ3) is 4.37. The van der Waals surface area contributed by atoms with Crippen LogP contribution in [0.5, 0.6) is 11.5 Å². The molecule has 27 heavy (non-hydrogen) atoms. The van der Waals surface area contributed by atoms with Crippen LogP contribution in [0.25, 0.3) is 10.8 Å². The highest BCUT2D eigenvalue weighted by molar-refractivity contribution is 6.02. The molecule has 2 N–H and O–H groups in total. The molecule has 0 aliphatic rings. The van der Waals surface area contributed by atoms with Crippen LogP contribution < -0.4 is 10.2 Å². The van der Waals surface area contributed by atoms with E-state index in [4.69, 9.17) is 4.74 Å². The highest BCUT2D eigenvalue weighted by Crippen LogP contribution is 2.25. The lowest BCUT2D eigenvalue weighted by atomic mass is 10.0. The van der Waals surface area contributed by atoms with Gasteiger partial charge in [0.1, 0.15) is 11.5 Å². The van der Waals surface area contributed by atoms with Crippen molar-refractivity contribution in [3.8, 4) is 11.5 Å². The number of nitrogens with one attached hydrogen (secondary N) is 1. The van der Waals surface area contributed by atoms with E-state index >= 15 is 0 Å². The van der Waals surface area contributed by atoms with Gasteiger partial charge in [0.05, 0.1) is 17.2 Å². The second-order valence-corrected chi connectivity index (χ2v) is 5.56. The SMILES string of the molecule is O=C(COc1cccc([N+](=O)[O-])c1)N/N=C\c1c(O)ccc2ccccc12. The number of benzene rings is 3. The normalized spacial score (nSPS) is 10.8. The molecule has 0 aromatic heterocycles. The van der Waals surface area contributed by atoms with Crippen molar-refractivity contribution in [1.82, 2.24) is 5.43 Å². The number of phenols is 1. The van der Waals surface area contributed by atoms with E-state index in [2.05, 4.69) is 10.5 Å². The van der Waals surface area contributed by atoms with Gasteiger partial charge >= 0.3 is 0 Å². The minimum atomic E-state index is -0.548. The summed E-state index contributed by atoms with van der Waals surface area (Å²) in [4.78, 5) is 22.0. The Balaban J connectivity index is 1.62. The zero-order valence-electron chi connectivity index (χ0n) is 14.0. The molecule has 0 fully saturated rings. The second kappa shape index (κ2) is 7.96. The average Bonchev–Trinajstić information content (AvgIpc) is 2.68. The summed E-state index contributed by atoms with van der Waals surface area (Å²) in [6.07, 6.45) is 1.35. The number of nitro groups is 1. The Labute approximate surface area is 153 Å². The van der Waals surface area contributed by atoms with Gasteiger partial charge in [-0.05, 0) is 22.9 Å². The fourth-order valence-electron chi connectivity index (χ4n) is 2.46. The Kier molecular flexibility index (Phi) is 5.27. The molecule has 0 radical (unpaired) electrons. The lowest BCUT2D eigenvalue weighted by Crippen LogP contribution is -2.24. The van der Waals surface area contributed by atoms with Crippen molar-refractivity contribution in [2.45, 2.75) is 0 Å². The Morgan fingerprint density at radius 1 is 1.19 bits per heavy atom. The van der Waals surface area contributed by atoms with E-state index in [-0.39, 0.29) is 23.8 Å². The lowest BCUT2D eigenvalue weighted by Gasteiger charge is -2.06. The van der Waals surface area contributed by atoms with Crippen LogP contribution in [0.1, 0.15) is 5.56 Å². The van der Waals surface area contributed by atoms with Crippen LogP contribution in [-0.4, -0.2) is 28.8 Å². The third-order valence-corrected chi connectivity index (χ3v) is 3.73. The number of nitro benzene ring substituents is 1. The average molecular weight is 365 g/mol. The van der Waals surface area contributed by atoms with Crippen LogP contribution in [0, 0.1) is 10.1 Å². The molecule has 8 nitrogen and oxygen atoms in total. The molecule has 0 heterocycles. The number of hydrogen-bond acceptors (Lipinski definition) is 6. The van der Waals surface area contributed by atoms with Gasteiger partial charge in [-0.15, -0.1) is 0 Å². The standard InChI is InChI=1S/C19H15N3O5/c23-18-9-8-13-4-1-2-7-16(13)17(18)11-20-21-19(24)12-27-15-6-3-5-14(10-15)22(25)26/h1-11,23H,12H2,(H,21,24)/b20-11-. The van der Waals surface area contributed by atoms with Gasteiger partial charge in [-0.3, -0.25) is 14.9 Å². The minimum Gasteiger partial charge on any atom is -0.507 e. The molecule has 0 spiro atoms. The van der Waals surface area contributed by atoms with Crippen molar-refractivity contribution < 1.29 is 19.6 Å². The van der Waals surface area contributed by atoms with Crippen LogP contribution in [0.3, 0.4) is 0 Å². The molecular formula is C19H15N3O5. The number of hydrogen-bond donors (Lipinski definition) is 2. The Hall–Kier alpha value is -3.94. The number of amides is 1. The van der Waals surface area contributed by atoms with E-state index in [1.807, 2.05) is 24.3 Å². The number of nitrogens with zero attached hydrogens (tertiary/aromatic N) is 2. The van der Waals surface area contributed by atoms with Gasteiger partial charge < -0.3 is 9.84 Å². The number of carbonyl (C=O) groups is 1. The highest BCUT2D eigenvalue weighted by Gasteiger charge is 2.08. The van der Waals surface area contributed by atoms with E-state index in [1.165, 1.54) is 30.5 Å². The quantitative estimate of drug-likeness (QED) is 0.396. The van der Waals surface area contributed by atoms with Crippen LogP contribution in [0.15, 0.2) is 65.8 Å². The van der Waals surface area contributed by atoms with Crippen LogP contribution >= 0.6 is 0 Å². The molecule has 1 amide bonds. The molecule has 136 valence electrons. The maximum absolute atomic E-state index is 11.8. The molecule has 0 aliphatic heterocycles. The number of fused-ring (bicyclic) bond motifs is 1. The van der Waals surface area contributed by atoms with Crippen molar-refractivity contribution in [2.24, 2.45) is 5.10 Å². The summed E-state index contributed by atoms with van der Waals surface area (Å²) in [7, 11) is 0. The summed E-state index contributed by atoms with van der Waals surface area (Å²) in [6, 6.07) is 16.3. The zero-order chi connectivity index (χ0) is 19.2. The number of hydrazone groups is 1. The van der Waals surface area contributed by atoms with E-state index < -0.39 is 10.8 Å². The number of phenolic OH excluding ortho intramolecular Hbond substituents is 1. The lowest BCUT2D eigenvalue weighted by molar-refractivity contribution is -0.384. The predicted octanol–water partition coefficient (Wildman–Crippen LogP) is 2.98. The number of rotatable bonds is 6. The van der Waals surface area contributed by atoms with Crippen LogP contribution in [0.4, 0.5) is 5.69 Å². The minimum absolute atomic E-state index is 0.0412. The second-order valence-electron chi connectivity index (χ2n) is 5.56. The topological polar surface area (TPSA) is 114 Å². The molecule has 0 aliphatic carbocycles. The fourth-order valence-corrected chi connectivity index (χ4v) is 2.46. The predicted molar refractivity (Wildman–Crippen MR) is 99.9 cm³/mol. The molecule has 3 aromatic rings. The molecule has 0 saturated carbocycles. The maximum Gasteiger partial charge on any atom is 0.277 e. The number of ether oxygens (including phenoxy) is 1. The number of aromatic hydroxyl groups is 1. The molecule has 0 saturated heterocycles. The van der Waals surface area contributed by atoms with E-state index in [0.29, 0.717) is 5.56 Å². The fraction of sp³-hybridized carbons (Fsp3) is 0.0526. The summed E-state index contributed by atoms with van der Waals surface area (Å²) in [6.45, 7) is -0.361.